The standard InChI is InChI=1S/C12H14Cl2N2O3/c1-8(4-5-13)7-15-12(17)10-3-2-9(14)6-11(10)16(18)19/h2-3,6,8H,4-5,7H2,1H3,(H,15,17). The van der Waals surface area contributed by atoms with Crippen LogP contribution in [-0.4, -0.2) is 23.3 Å². The zero-order valence-electron chi connectivity index (χ0n) is 10.4. The van der Waals surface area contributed by atoms with E-state index in [9.17, 15) is 14.9 Å². The fourth-order valence-corrected chi connectivity index (χ4v) is 2.04. The van der Waals surface area contributed by atoms with Gasteiger partial charge in [0.1, 0.15) is 5.56 Å². The molecule has 0 fully saturated rings. The van der Waals surface area contributed by atoms with Crippen LogP contribution in [0.3, 0.4) is 0 Å². The molecular formula is C12H14Cl2N2O3. The molecule has 0 aliphatic carbocycles. The Labute approximate surface area is 121 Å². The third kappa shape index (κ3) is 4.69. The zero-order valence-corrected chi connectivity index (χ0v) is 11.9. The summed E-state index contributed by atoms with van der Waals surface area (Å²) in [4.78, 5) is 22.1. The van der Waals surface area contributed by atoms with Crippen LogP contribution in [0.2, 0.25) is 5.02 Å². The number of hydrogen-bond acceptors (Lipinski definition) is 3. The number of benzene rings is 1. The van der Waals surface area contributed by atoms with Crippen LogP contribution in [0.15, 0.2) is 18.2 Å². The van der Waals surface area contributed by atoms with Crippen molar-refractivity contribution in [2.24, 2.45) is 5.92 Å². The molecule has 19 heavy (non-hydrogen) atoms. The van der Waals surface area contributed by atoms with Crippen molar-refractivity contribution >= 4 is 34.8 Å². The summed E-state index contributed by atoms with van der Waals surface area (Å²) >= 11 is 11.3. The van der Waals surface area contributed by atoms with Crippen LogP contribution in [0.1, 0.15) is 23.7 Å². The van der Waals surface area contributed by atoms with Crippen molar-refractivity contribution in [2.75, 3.05) is 12.4 Å². The maximum Gasteiger partial charge on any atom is 0.283 e. The SMILES string of the molecule is CC(CCCl)CNC(=O)c1ccc(Cl)cc1[N+](=O)[O-]. The molecule has 7 heteroatoms. The van der Waals surface area contributed by atoms with E-state index >= 15 is 0 Å². The second-order valence-corrected chi connectivity index (χ2v) is 5.03. The summed E-state index contributed by atoms with van der Waals surface area (Å²) in [5, 5.41) is 13.7. The number of halogens is 2. The molecule has 0 spiro atoms. The van der Waals surface area contributed by atoms with Gasteiger partial charge in [0.2, 0.25) is 0 Å². The summed E-state index contributed by atoms with van der Waals surface area (Å²) < 4.78 is 0. The van der Waals surface area contributed by atoms with Crippen LogP contribution in [0.4, 0.5) is 5.69 Å². The van der Waals surface area contributed by atoms with Crippen LogP contribution in [-0.2, 0) is 0 Å². The highest BCUT2D eigenvalue weighted by molar-refractivity contribution is 6.31. The van der Waals surface area contributed by atoms with Gasteiger partial charge in [0.05, 0.1) is 4.92 Å². The number of nitro benzene ring substituents is 1. The third-order valence-corrected chi connectivity index (χ3v) is 3.07. The van der Waals surface area contributed by atoms with Crippen molar-refractivity contribution in [3.63, 3.8) is 0 Å². The Morgan fingerprint density at radius 1 is 1.53 bits per heavy atom. The van der Waals surface area contributed by atoms with Gasteiger partial charge in [0.15, 0.2) is 0 Å². The summed E-state index contributed by atoms with van der Waals surface area (Å²) in [6.45, 7) is 2.37. The minimum atomic E-state index is -0.622. The molecule has 0 saturated heterocycles. The highest BCUT2D eigenvalue weighted by Gasteiger charge is 2.20. The second-order valence-electron chi connectivity index (χ2n) is 4.21. The fraction of sp³-hybridized carbons (Fsp3) is 0.417. The van der Waals surface area contributed by atoms with Crippen molar-refractivity contribution in [3.05, 3.63) is 38.9 Å². The lowest BCUT2D eigenvalue weighted by molar-refractivity contribution is -0.385. The topological polar surface area (TPSA) is 72.2 Å². The summed E-state index contributed by atoms with van der Waals surface area (Å²) in [5.41, 5.74) is -0.289. The lowest BCUT2D eigenvalue weighted by Crippen LogP contribution is -2.29. The van der Waals surface area contributed by atoms with Gasteiger partial charge in [-0.2, -0.15) is 0 Å². The van der Waals surface area contributed by atoms with E-state index in [0.29, 0.717) is 12.4 Å². The van der Waals surface area contributed by atoms with Crippen molar-refractivity contribution in [2.45, 2.75) is 13.3 Å². The van der Waals surface area contributed by atoms with E-state index in [0.717, 1.165) is 6.42 Å². The van der Waals surface area contributed by atoms with Crippen molar-refractivity contribution < 1.29 is 9.72 Å². The third-order valence-electron chi connectivity index (χ3n) is 2.61. The van der Waals surface area contributed by atoms with Crippen LogP contribution in [0.25, 0.3) is 0 Å². The minimum Gasteiger partial charge on any atom is -0.352 e. The van der Waals surface area contributed by atoms with E-state index < -0.39 is 10.8 Å². The molecular weight excluding hydrogens is 291 g/mol. The molecule has 1 atom stereocenters. The molecule has 0 bridgehead atoms. The Morgan fingerprint density at radius 3 is 2.79 bits per heavy atom. The molecule has 0 aromatic heterocycles. The van der Waals surface area contributed by atoms with Gasteiger partial charge in [-0.05, 0) is 24.5 Å². The molecule has 1 aromatic carbocycles. The molecule has 0 aliphatic heterocycles. The molecule has 0 heterocycles. The maximum atomic E-state index is 11.9. The van der Waals surface area contributed by atoms with Gasteiger partial charge in [-0.25, -0.2) is 0 Å². The Kier molecular flexibility index (Phi) is 6.05. The van der Waals surface area contributed by atoms with Gasteiger partial charge in [-0.1, -0.05) is 18.5 Å². The first-order chi connectivity index (χ1) is 8.95. The predicted octanol–water partition coefficient (Wildman–Crippen LogP) is 3.24. The first-order valence-corrected chi connectivity index (χ1v) is 6.65. The monoisotopic (exact) mass is 304 g/mol. The van der Waals surface area contributed by atoms with Crippen molar-refractivity contribution in [1.82, 2.24) is 5.32 Å². The van der Waals surface area contributed by atoms with Gasteiger partial charge in [-0.3, -0.25) is 14.9 Å². The van der Waals surface area contributed by atoms with Crippen LogP contribution >= 0.6 is 23.2 Å². The molecule has 0 aliphatic rings. The number of nitrogens with zero attached hydrogens (tertiary/aromatic N) is 1. The predicted molar refractivity (Wildman–Crippen MR) is 74.9 cm³/mol. The number of amides is 1. The number of nitro groups is 1. The number of hydrogen-bond donors (Lipinski definition) is 1. The largest absolute Gasteiger partial charge is 0.352 e. The fourth-order valence-electron chi connectivity index (χ4n) is 1.50. The van der Waals surface area contributed by atoms with E-state index in [1.165, 1.54) is 18.2 Å². The molecule has 1 N–H and O–H groups in total. The van der Waals surface area contributed by atoms with Gasteiger partial charge >= 0.3 is 0 Å². The smallest absolute Gasteiger partial charge is 0.283 e. The number of rotatable bonds is 6. The number of carbonyl (C=O) groups excluding carboxylic acids is 1. The Bertz CT molecular complexity index is 480. The van der Waals surface area contributed by atoms with E-state index in [1.54, 1.807) is 0 Å². The molecule has 0 radical (unpaired) electrons. The van der Waals surface area contributed by atoms with Gasteiger partial charge < -0.3 is 5.32 Å². The van der Waals surface area contributed by atoms with Gasteiger partial charge in [0, 0.05) is 23.5 Å². The molecule has 1 unspecified atom stereocenters. The summed E-state index contributed by atoms with van der Waals surface area (Å²) in [7, 11) is 0. The number of nitrogens with one attached hydrogen (secondary N) is 1. The van der Waals surface area contributed by atoms with Crippen molar-refractivity contribution in [1.29, 1.82) is 0 Å². The second kappa shape index (κ2) is 7.31. The lowest BCUT2D eigenvalue weighted by Gasteiger charge is -2.11. The zero-order chi connectivity index (χ0) is 14.4. The van der Waals surface area contributed by atoms with Gasteiger partial charge in [-0.15, -0.1) is 11.6 Å². The van der Waals surface area contributed by atoms with Crippen LogP contribution in [0.5, 0.6) is 0 Å². The average Bonchev–Trinajstić information content (AvgIpc) is 2.36. The number of carbonyl (C=O) groups is 1. The maximum absolute atomic E-state index is 11.9. The van der Waals surface area contributed by atoms with Crippen molar-refractivity contribution in [3.8, 4) is 0 Å². The first kappa shape index (κ1) is 15.7. The van der Waals surface area contributed by atoms with E-state index in [-0.39, 0.29) is 22.2 Å². The molecule has 1 amide bonds. The molecule has 104 valence electrons. The Balaban J connectivity index is 2.79. The molecule has 1 rings (SSSR count). The van der Waals surface area contributed by atoms with Gasteiger partial charge in [0.25, 0.3) is 11.6 Å². The number of alkyl halides is 1. The van der Waals surface area contributed by atoms with E-state index in [2.05, 4.69) is 5.32 Å². The summed E-state index contributed by atoms with van der Waals surface area (Å²) in [5.74, 6) is 0.246. The molecule has 1 aromatic rings. The summed E-state index contributed by atoms with van der Waals surface area (Å²) in [6.07, 6.45) is 0.768. The molecule has 0 saturated carbocycles. The average molecular weight is 305 g/mol. The van der Waals surface area contributed by atoms with Crippen LogP contribution < -0.4 is 5.32 Å². The molecule has 5 nitrogen and oxygen atoms in total. The highest BCUT2D eigenvalue weighted by Crippen LogP contribution is 2.23. The highest BCUT2D eigenvalue weighted by atomic mass is 35.5. The quantitative estimate of drug-likeness (QED) is 0.498. The first-order valence-electron chi connectivity index (χ1n) is 5.73. The van der Waals surface area contributed by atoms with E-state index in [1.807, 2.05) is 6.92 Å². The summed E-state index contributed by atoms with van der Waals surface area (Å²) in [6, 6.07) is 3.96. The Hall–Kier alpha value is -1.33. The minimum absolute atomic E-state index is 0.00692. The van der Waals surface area contributed by atoms with E-state index in [4.69, 9.17) is 23.2 Å². The normalized spacial score (nSPS) is 11.9. The lowest BCUT2D eigenvalue weighted by atomic mass is 10.1. The van der Waals surface area contributed by atoms with Crippen LogP contribution in [0, 0.1) is 16.0 Å². The Morgan fingerprint density at radius 2 is 2.21 bits per heavy atom.